The molecule has 0 spiro atoms. The van der Waals surface area contributed by atoms with Crippen molar-refractivity contribution in [3.05, 3.63) is 98.1 Å². The number of imide groups is 1. The topological polar surface area (TPSA) is 58.6 Å². The fraction of sp³-hybridized carbons (Fsp3) is 0.0833. The molecule has 4 rings (SSSR count). The van der Waals surface area contributed by atoms with Gasteiger partial charge in [0.15, 0.2) is 5.75 Å². The van der Waals surface area contributed by atoms with Crippen molar-refractivity contribution in [2.45, 2.75) is 13.5 Å². The van der Waals surface area contributed by atoms with Gasteiger partial charge in [-0.2, -0.15) is 0 Å². The number of benzene rings is 3. The molecule has 3 amide bonds. The number of ether oxygens (including phenoxy) is 1. The first-order valence-corrected chi connectivity index (χ1v) is 10.8. The molecular formula is C24H17Cl3N2O3. The first-order valence-electron chi connectivity index (χ1n) is 9.62. The van der Waals surface area contributed by atoms with Gasteiger partial charge < -0.3 is 10.1 Å². The Bertz CT molecular complexity index is 1220. The van der Waals surface area contributed by atoms with Crippen LogP contribution in [0.3, 0.4) is 0 Å². The fourth-order valence-corrected chi connectivity index (χ4v) is 4.02. The Balaban J connectivity index is 1.54. The zero-order valence-corrected chi connectivity index (χ0v) is 19.1. The molecule has 8 heteroatoms. The summed E-state index contributed by atoms with van der Waals surface area (Å²) < 4.78 is 5.82. The predicted molar refractivity (Wildman–Crippen MR) is 127 cm³/mol. The van der Waals surface area contributed by atoms with E-state index in [2.05, 4.69) is 5.32 Å². The van der Waals surface area contributed by atoms with Crippen molar-refractivity contribution in [3.8, 4) is 5.75 Å². The van der Waals surface area contributed by atoms with Crippen LogP contribution in [0.4, 0.5) is 10.5 Å². The van der Waals surface area contributed by atoms with Crippen molar-refractivity contribution in [3.63, 3.8) is 0 Å². The van der Waals surface area contributed by atoms with E-state index < -0.39 is 11.9 Å². The quantitative estimate of drug-likeness (QED) is 0.324. The summed E-state index contributed by atoms with van der Waals surface area (Å²) in [7, 11) is 0. The second-order valence-electron chi connectivity index (χ2n) is 7.20. The molecule has 0 aliphatic carbocycles. The Morgan fingerprint density at radius 2 is 1.66 bits per heavy atom. The van der Waals surface area contributed by atoms with Gasteiger partial charge in [-0.3, -0.25) is 4.79 Å². The molecule has 0 radical (unpaired) electrons. The highest BCUT2D eigenvalue weighted by Gasteiger charge is 2.34. The minimum atomic E-state index is -0.557. The summed E-state index contributed by atoms with van der Waals surface area (Å²) >= 11 is 18.7. The third-order valence-electron chi connectivity index (χ3n) is 4.76. The summed E-state index contributed by atoms with van der Waals surface area (Å²) in [6.45, 7) is 2.31. The molecule has 162 valence electrons. The van der Waals surface area contributed by atoms with Crippen LogP contribution in [-0.4, -0.2) is 11.9 Å². The first-order chi connectivity index (χ1) is 15.3. The van der Waals surface area contributed by atoms with E-state index in [9.17, 15) is 9.59 Å². The zero-order valence-electron chi connectivity index (χ0n) is 16.9. The maximum absolute atomic E-state index is 12.8. The highest BCUT2D eigenvalue weighted by molar-refractivity contribution is 6.37. The molecular weight excluding hydrogens is 471 g/mol. The molecule has 0 saturated carbocycles. The molecule has 1 saturated heterocycles. The van der Waals surface area contributed by atoms with Gasteiger partial charge in [-0.1, -0.05) is 64.6 Å². The Hall–Kier alpha value is -2.99. The standard InChI is InChI=1S/C24H17Cl3N2O3/c1-14-3-2-4-15(9-14)13-32-22-19(26)10-16(11-20(22)27)12-21-23(30)29(24(31)28-21)18-7-5-17(25)6-8-18/h2-12H,13H2,1H3,(H,28,31)/b21-12+. The van der Waals surface area contributed by atoms with E-state index in [0.29, 0.717) is 38.7 Å². The number of nitrogens with one attached hydrogen (secondary N) is 1. The molecule has 3 aromatic rings. The summed E-state index contributed by atoms with van der Waals surface area (Å²) in [4.78, 5) is 26.2. The average Bonchev–Trinajstić information content (AvgIpc) is 3.01. The molecule has 1 N–H and O–H groups in total. The van der Waals surface area contributed by atoms with Gasteiger partial charge in [0.25, 0.3) is 5.91 Å². The largest absolute Gasteiger partial charge is 0.486 e. The smallest absolute Gasteiger partial charge is 0.333 e. The van der Waals surface area contributed by atoms with E-state index in [1.807, 2.05) is 31.2 Å². The van der Waals surface area contributed by atoms with Crippen LogP contribution >= 0.6 is 34.8 Å². The number of nitrogens with zero attached hydrogens (tertiary/aromatic N) is 1. The van der Waals surface area contributed by atoms with Gasteiger partial charge in [-0.05, 0) is 60.5 Å². The van der Waals surface area contributed by atoms with E-state index in [1.165, 1.54) is 6.08 Å². The van der Waals surface area contributed by atoms with Gasteiger partial charge in [0.05, 0.1) is 15.7 Å². The molecule has 3 aromatic carbocycles. The van der Waals surface area contributed by atoms with Gasteiger partial charge in [0.1, 0.15) is 12.3 Å². The molecule has 1 fully saturated rings. The molecule has 0 unspecified atom stereocenters. The van der Waals surface area contributed by atoms with Crippen molar-refractivity contribution in [1.29, 1.82) is 0 Å². The maximum atomic E-state index is 12.8. The van der Waals surface area contributed by atoms with E-state index in [1.54, 1.807) is 36.4 Å². The normalized spacial score (nSPS) is 14.8. The molecule has 0 aromatic heterocycles. The molecule has 1 heterocycles. The lowest BCUT2D eigenvalue weighted by atomic mass is 10.1. The first kappa shape index (κ1) is 22.2. The van der Waals surface area contributed by atoms with Crippen molar-refractivity contribution < 1.29 is 14.3 Å². The van der Waals surface area contributed by atoms with Crippen molar-refractivity contribution in [2.24, 2.45) is 0 Å². The summed E-state index contributed by atoms with van der Waals surface area (Å²) in [5, 5.41) is 3.66. The number of amides is 3. The molecule has 1 aliphatic heterocycles. The summed E-state index contributed by atoms with van der Waals surface area (Å²) in [6, 6.07) is 17.0. The Morgan fingerprint density at radius 3 is 2.31 bits per heavy atom. The van der Waals surface area contributed by atoms with E-state index in [0.717, 1.165) is 16.0 Å². The maximum Gasteiger partial charge on any atom is 0.333 e. The number of hydrogen-bond donors (Lipinski definition) is 1. The third kappa shape index (κ3) is 4.75. The van der Waals surface area contributed by atoms with Crippen LogP contribution in [0, 0.1) is 6.92 Å². The van der Waals surface area contributed by atoms with Gasteiger partial charge in [0.2, 0.25) is 0 Å². The zero-order chi connectivity index (χ0) is 22.8. The van der Waals surface area contributed by atoms with Crippen molar-refractivity contribution >= 4 is 58.5 Å². The summed E-state index contributed by atoms with van der Waals surface area (Å²) in [5.74, 6) is -0.147. The number of hydrogen-bond acceptors (Lipinski definition) is 3. The lowest BCUT2D eigenvalue weighted by Crippen LogP contribution is -2.30. The predicted octanol–water partition coefficient (Wildman–Crippen LogP) is 6.63. The SMILES string of the molecule is Cc1cccc(COc2c(Cl)cc(/C=C3/NC(=O)N(c4ccc(Cl)cc4)C3=O)cc2Cl)c1. The van der Waals surface area contributed by atoms with Gasteiger partial charge in [-0.25, -0.2) is 9.69 Å². The van der Waals surface area contributed by atoms with Gasteiger partial charge in [-0.15, -0.1) is 0 Å². The number of urea groups is 1. The van der Waals surface area contributed by atoms with Crippen molar-refractivity contribution in [1.82, 2.24) is 5.32 Å². The minimum absolute atomic E-state index is 0.102. The number of aryl methyl sites for hydroxylation is 1. The van der Waals surface area contributed by atoms with Crippen LogP contribution in [0.5, 0.6) is 5.75 Å². The average molecular weight is 488 g/mol. The van der Waals surface area contributed by atoms with Crippen LogP contribution in [-0.2, 0) is 11.4 Å². The number of carbonyl (C=O) groups excluding carboxylic acids is 2. The highest BCUT2D eigenvalue weighted by Crippen LogP contribution is 2.36. The lowest BCUT2D eigenvalue weighted by molar-refractivity contribution is -0.113. The molecule has 32 heavy (non-hydrogen) atoms. The Morgan fingerprint density at radius 1 is 0.969 bits per heavy atom. The fourth-order valence-electron chi connectivity index (χ4n) is 3.28. The molecule has 1 aliphatic rings. The Kier molecular flexibility index (Phi) is 6.42. The number of rotatable bonds is 5. The van der Waals surface area contributed by atoms with Crippen LogP contribution in [0.1, 0.15) is 16.7 Å². The Labute approximate surface area is 200 Å². The minimum Gasteiger partial charge on any atom is -0.486 e. The van der Waals surface area contributed by atoms with E-state index >= 15 is 0 Å². The molecule has 0 bridgehead atoms. The third-order valence-corrected chi connectivity index (χ3v) is 5.57. The summed E-state index contributed by atoms with van der Waals surface area (Å²) in [6.07, 6.45) is 1.51. The number of halogens is 3. The van der Waals surface area contributed by atoms with E-state index in [4.69, 9.17) is 39.5 Å². The lowest BCUT2D eigenvalue weighted by Gasteiger charge is -2.12. The highest BCUT2D eigenvalue weighted by atomic mass is 35.5. The summed E-state index contributed by atoms with van der Waals surface area (Å²) in [5.41, 5.74) is 3.18. The second kappa shape index (κ2) is 9.25. The molecule has 5 nitrogen and oxygen atoms in total. The van der Waals surface area contributed by atoms with E-state index in [-0.39, 0.29) is 5.70 Å². The second-order valence-corrected chi connectivity index (χ2v) is 8.45. The van der Waals surface area contributed by atoms with Gasteiger partial charge in [0, 0.05) is 5.02 Å². The molecule has 0 atom stereocenters. The van der Waals surface area contributed by atoms with Crippen LogP contribution in [0.15, 0.2) is 66.4 Å². The monoisotopic (exact) mass is 486 g/mol. The van der Waals surface area contributed by atoms with Crippen LogP contribution < -0.4 is 15.0 Å². The number of carbonyl (C=O) groups is 2. The van der Waals surface area contributed by atoms with Crippen molar-refractivity contribution in [2.75, 3.05) is 4.90 Å². The van der Waals surface area contributed by atoms with Crippen LogP contribution in [0.25, 0.3) is 6.08 Å². The van der Waals surface area contributed by atoms with Crippen LogP contribution in [0.2, 0.25) is 15.1 Å². The number of anilines is 1. The van der Waals surface area contributed by atoms with Gasteiger partial charge >= 0.3 is 6.03 Å².